The third-order valence-electron chi connectivity index (χ3n) is 5.70. The van der Waals surface area contributed by atoms with Gasteiger partial charge in [-0.25, -0.2) is 4.39 Å². The molecule has 2 aliphatic rings. The van der Waals surface area contributed by atoms with Crippen molar-refractivity contribution in [3.63, 3.8) is 0 Å². The van der Waals surface area contributed by atoms with E-state index in [2.05, 4.69) is 10.2 Å². The van der Waals surface area contributed by atoms with Gasteiger partial charge in [0, 0.05) is 26.2 Å². The van der Waals surface area contributed by atoms with Gasteiger partial charge in [-0.15, -0.1) is 0 Å². The quantitative estimate of drug-likeness (QED) is 0.788. The number of carbonyl (C=O) groups is 2. The van der Waals surface area contributed by atoms with Gasteiger partial charge in [0.2, 0.25) is 11.8 Å². The summed E-state index contributed by atoms with van der Waals surface area (Å²) in [6, 6.07) is 13.7. The smallest absolute Gasteiger partial charge is 0.248 e. The first-order chi connectivity index (χ1) is 14.5. The van der Waals surface area contributed by atoms with Crippen LogP contribution in [0, 0.1) is 12.7 Å². The van der Waals surface area contributed by atoms with Gasteiger partial charge in [0.1, 0.15) is 17.9 Å². The second kappa shape index (κ2) is 8.93. The van der Waals surface area contributed by atoms with Crippen molar-refractivity contribution in [2.24, 2.45) is 0 Å². The number of hydrogen-bond acceptors (Lipinski definition) is 4. The van der Waals surface area contributed by atoms with Gasteiger partial charge in [-0.05, 0) is 29.7 Å². The Labute approximate surface area is 175 Å². The average molecular weight is 411 g/mol. The Morgan fingerprint density at radius 2 is 1.90 bits per heavy atom. The molecule has 0 aliphatic carbocycles. The highest BCUT2D eigenvalue weighted by Gasteiger charge is 2.43. The monoisotopic (exact) mass is 411 g/mol. The molecule has 4 rings (SSSR count). The van der Waals surface area contributed by atoms with Gasteiger partial charge in [0.15, 0.2) is 0 Å². The molecular formula is C23H26FN3O3. The molecule has 2 fully saturated rings. The van der Waals surface area contributed by atoms with Crippen LogP contribution < -0.4 is 5.32 Å². The summed E-state index contributed by atoms with van der Waals surface area (Å²) < 4.78 is 19.5. The SMILES string of the molecule is Cc1ccc(CN2CCN3C(=O)[C@H](COCc4ccccc4)NC(=O)[C@H]3C2)cc1F. The van der Waals surface area contributed by atoms with Crippen molar-refractivity contribution in [3.8, 4) is 0 Å². The van der Waals surface area contributed by atoms with Crippen molar-refractivity contribution in [2.45, 2.75) is 32.2 Å². The second-order valence-corrected chi connectivity index (χ2v) is 7.93. The van der Waals surface area contributed by atoms with Crippen molar-refractivity contribution in [1.29, 1.82) is 0 Å². The highest BCUT2D eigenvalue weighted by atomic mass is 19.1. The summed E-state index contributed by atoms with van der Waals surface area (Å²) in [7, 11) is 0. The maximum Gasteiger partial charge on any atom is 0.248 e. The van der Waals surface area contributed by atoms with Gasteiger partial charge in [0.05, 0.1) is 13.2 Å². The summed E-state index contributed by atoms with van der Waals surface area (Å²) in [5.41, 5.74) is 2.49. The maximum atomic E-state index is 13.8. The maximum absolute atomic E-state index is 13.8. The van der Waals surface area contributed by atoms with E-state index in [0.717, 1.165) is 11.1 Å². The molecule has 0 unspecified atom stereocenters. The van der Waals surface area contributed by atoms with Crippen LogP contribution in [0.5, 0.6) is 0 Å². The average Bonchev–Trinajstić information content (AvgIpc) is 2.75. The van der Waals surface area contributed by atoms with E-state index in [4.69, 9.17) is 4.74 Å². The van der Waals surface area contributed by atoms with Gasteiger partial charge < -0.3 is 15.0 Å². The Morgan fingerprint density at radius 1 is 1.10 bits per heavy atom. The molecule has 6 nitrogen and oxygen atoms in total. The third-order valence-corrected chi connectivity index (χ3v) is 5.70. The molecule has 2 heterocycles. The van der Waals surface area contributed by atoms with Crippen LogP contribution in [0.3, 0.4) is 0 Å². The molecule has 2 amide bonds. The Kier molecular flexibility index (Phi) is 6.11. The van der Waals surface area contributed by atoms with E-state index in [0.29, 0.717) is 38.3 Å². The molecule has 0 aromatic heterocycles. The Hall–Kier alpha value is -2.77. The lowest BCUT2D eigenvalue weighted by Gasteiger charge is -2.45. The zero-order valence-electron chi connectivity index (χ0n) is 17.0. The number of fused-ring (bicyclic) bond motifs is 1. The number of ether oxygens (including phenoxy) is 1. The van der Waals surface area contributed by atoms with Crippen molar-refractivity contribution < 1.29 is 18.7 Å². The van der Waals surface area contributed by atoms with E-state index in [1.807, 2.05) is 36.4 Å². The van der Waals surface area contributed by atoms with Crippen molar-refractivity contribution >= 4 is 11.8 Å². The first-order valence-electron chi connectivity index (χ1n) is 10.2. The zero-order valence-corrected chi connectivity index (χ0v) is 17.0. The molecule has 0 saturated carbocycles. The van der Waals surface area contributed by atoms with E-state index in [9.17, 15) is 14.0 Å². The van der Waals surface area contributed by atoms with E-state index in [1.165, 1.54) is 6.07 Å². The fourth-order valence-corrected chi connectivity index (χ4v) is 3.98. The van der Waals surface area contributed by atoms with Gasteiger partial charge in [0.25, 0.3) is 0 Å². The van der Waals surface area contributed by atoms with Crippen LogP contribution in [-0.2, 0) is 27.5 Å². The molecule has 7 heteroatoms. The fraction of sp³-hybridized carbons (Fsp3) is 0.391. The summed E-state index contributed by atoms with van der Waals surface area (Å²) in [6.07, 6.45) is 0. The normalized spacial score (nSPS) is 22.0. The summed E-state index contributed by atoms with van der Waals surface area (Å²) in [6.45, 7) is 4.37. The van der Waals surface area contributed by atoms with Crippen LogP contribution in [0.4, 0.5) is 4.39 Å². The summed E-state index contributed by atoms with van der Waals surface area (Å²) >= 11 is 0. The van der Waals surface area contributed by atoms with Gasteiger partial charge in [-0.3, -0.25) is 14.5 Å². The van der Waals surface area contributed by atoms with Gasteiger partial charge >= 0.3 is 0 Å². The number of carbonyl (C=O) groups excluding carboxylic acids is 2. The number of hydrogen-bond donors (Lipinski definition) is 1. The summed E-state index contributed by atoms with van der Waals surface area (Å²) in [4.78, 5) is 29.3. The number of nitrogens with zero attached hydrogens (tertiary/aromatic N) is 2. The standard InChI is InChI=1S/C23H26FN3O3/c1-16-7-8-18(11-19(16)24)12-26-9-10-27-21(13-26)22(28)25-20(23(27)29)15-30-14-17-5-3-2-4-6-17/h2-8,11,20-21H,9-10,12-15H2,1H3,(H,25,28)/t20-,21+/m0/s1. The molecule has 0 bridgehead atoms. The molecule has 2 aromatic carbocycles. The Bertz CT molecular complexity index is 921. The Morgan fingerprint density at radius 3 is 2.67 bits per heavy atom. The molecule has 2 aliphatic heterocycles. The number of halogens is 1. The van der Waals surface area contributed by atoms with Crippen molar-refractivity contribution in [1.82, 2.24) is 15.1 Å². The lowest BCUT2D eigenvalue weighted by molar-refractivity contribution is -0.155. The van der Waals surface area contributed by atoms with E-state index < -0.39 is 12.1 Å². The minimum atomic E-state index is -0.657. The summed E-state index contributed by atoms with van der Waals surface area (Å²) in [5.74, 6) is -0.494. The van der Waals surface area contributed by atoms with Crippen LogP contribution >= 0.6 is 0 Å². The molecule has 0 spiro atoms. The number of amides is 2. The first kappa shape index (κ1) is 20.5. The van der Waals surface area contributed by atoms with Crippen molar-refractivity contribution in [3.05, 3.63) is 71.0 Å². The Balaban J connectivity index is 1.33. The highest BCUT2D eigenvalue weighted by Crippen LogP contribution is 2.19. The number of aryl methyl sites for hydroxylation is 1. The highest BCUT2D eigenvalue weighted by molar-refractivity contribution is 5.97. The minimum Gasteiger partial charge on any atom is -0.374 e. The number of piperazine rings is 2. The molecular weight excluding hydrogens is 385 g/mol. The lowest BCUT2D eigenvalue weighted by Crippen LogP contribution is -2.69. The lowest BCUT2D eigenvalue weighted by atomic mass is 10.0. The first-order valence-corrected chi connectivity index (χ1v) is 10.2. The topological polar surface area (TPSA) is 61.9 Å². The van der Waals surface area contributed by atoms with Gasteiger partial charge in [-0.1, -0.05) is 42.5 Å². The van der Waals surface area contributed by atoms with E-state index in [-0.39, 0.29) is 24.2 Å². The largest absolute Gasteiger partial charge is 0.374 e. The molecule has 2 atom stereocenters. The predicted octanol–water partition coefficient (Wildman–Crippen LogP) is 1.86. The minimum absolute atomic E-state index is 0.103. The molecule has 158 valence electrons. The third kappa shape index (κ3) is 4.52. The number of nitrogens with one attached hydrogen (secondary N) is 1. The molecule has 2 saturated heterocycles. The second-order valence-electron chi connectivity index (χ2n) is 7.93. The van der Waals surface area contributed by atoms with Crippen LogP contribution in [0.2, 0.25) is 0 Å². The molecule has 0 radical (unpaired) electrons. The van der Waals surface area contributed by atoms with Crippen LogP contribution in [0.15, 0.2) is 48.5 Å². The zero-order chi connectivity index (χ0) is 21.1. The number of benzene rings is 2. The van der Waals surface area contributed by atoms with Crippen LogP contribution in [0.1, 0.15) is 16.7 Å². The van der Waals surface area contributed by atoms with E-state index >= 15 is 0 Å². The van der Waals surface area contributed by atoms with E-state index in [1.54, 1.807) is 17.9 Å². The summed E-state index contributed by atoms with van der Waals surface area (Å²) in [5, 5.41) is 2.81. The fourth-order valence-electron chi connectivity index (χ4n) is 3.98. The number of rotatable bonds is 6. The molecule has 1 N–H and O–H groups in total. The van der Waals surface area contributed by atoms with Crippen LogP contribution in [0.25, 0.3) is 0 Å². The van der Waals surface area contributed by atoms with Crippen molar-refractivity contribution in [2.75, 3.05) is 26.2 Å². The predicted molar refractivity (Wildman–Crippen MR) is 110 cm³/mol. The molecule has 30 heavy (non-hydrogen) atoms. The van der Waals surface area contributed by atoms with Gasteiger partial charge in [-0.2, -0.15) is 0 Å². The van der Waals surface area contributed by atoms with Crippen LogP contribution in [-0.4, -0.2) is 59.9 Å². The molecule has 2 aromatic rings.